The zero-order chi connectivity index (χ0) is 19.2. The number of hydrogen-bond acceptors (Lipinski definition) is 3. The second-order valence-corrected chi connectivity index (χ2v) is 7.07. The third-order valence-corrected chi connectivity index (χ3v) is 5.02. The molecule has 2 N–H and O–H groups in total. The molecule has 2 aromatic rings. The molecule has 3 amide bonds. The van der Waals surface area contributed by atoms with Gasteiger partial charge in [-0.15, -0.1) is 0 Å². The van der Waals surface area contributed by atoms with E-state index in [9.17, 15) is 9.59 Å². The number of rotatable bonds is 6. The maximum atomic E-state index is 12.5. The predicted molar refractivity (Wildman–Crippen MR) is 105 cm³/mol. The highest BCUT2D eigenvalue weighted by molar-refractivity contribution is 6.31. The fraction of sp³-hybridized carbons (Fsp3) is 0.474. The molecule has 1 saturated heterocycles. The first kappa shape index (κ1) is 19.5. The van der Waals surface area contributed by atoms with Crippen LogP contribution in [0.2, 0.25) is 5.02 Å². The van der Waals surface area contributed by atoms with E-state index in [0.717, 1.165) is 22.9 Å². The van der Waals surface area contributed by atoms with Crippen molar-refractivity contribution in [3.05, 3.63) is 35.0 Å². The van der Waals surface area contributed by atoms with Gasteiger partial charge in [-0.3, -0.25) is 4.79 Å². The highest BCUT2D eigenvalue weighted by Gasteiger charge is 2.24. The molecule has 1 aliphatic heterocycles. The van der Waals surface area contributed by atoms with Gasteiger partial charge in [-0.2, -0.15) is 0 Å². The number of halogens is 1. The second kappa shape index (κ2) is 9.10. The van der Waals surface area contributed by atoms with E-state index in [1.54, 1.807) is 16.9 Å². The van der Waals surface area contributed by atoms with Crippen molar-refractivity contribution in [3.63, 3.8) is 0 Å². The third-order valence-electron chi connectivity index (χ3n) is 4.79. The molecule has 0 saturated carbocycles. The van der Waals surface area contributed by atoms with Crippen molar-refractivity contribution < 1.29 is 14.3 Å². The first-order valence-electron chi connectivity index (χ1n) is 9.13. The fourth-order valence-electron chi connectivity index (χ4n) is 3.30. The summed E-state index contributed by atoms with van der Waals surface area (Å²) in [5.74, 6) is -0.0361. The van der Waals surface area contributed by atoms with Gasteiger partial charge in [-0.05, 0) is 36.6 Å². The topological polar surface area (TPSA) is 77.7 Å². The molecule has 27 heavy (non-hydrogen) atoms. The third kappa shape index (κ3) is 4.93. The van der Waals surface area contributed by atoms with Crippen molar-refractivity contribution in [3.8, 4) is 0 Å². The van der Waals surface area contributed by atoms with Crippen LogP contribution < -0.4 is 5.32 Å². The Morgan fingerprint density at radius 1 is 1.37 bits per heavy atom. The number of ether oxygens (including phenoxy) is 1. The highest BCUT2D eigenvalue weighted by Crippen LogP contribution is 2.22. The summed E-state index contributed by atoms with van der Waals surface area (Å²) in [6.45, 7) is 2.90. The molecule has 1 aromatic heterocycles. The lowest BCUT2D eigenvalue weighted by Crippen LogP contribution is -2.45. The molecule has 1 fully saturated rings. The quantitative estimate of drug-likeness (QED) is 0.791. The molecule has 0 spiro atoms. The minimum Gasteiger partial charge on any atom is -0.383 e. The number of carbonyl (C=O) groups excluding carboxylic acids is 2. The number of urea groups is 1. The molecule has 0 atom stereocenters. The summed E-state index contributed by atoms with van der Waals surface area (Å²) in [6, 6.07) is 5.51. The van der Waals surface area contributed by atoms with E-state index in [2.05, 4.69) is 10.3 Å². The lowest BCUT2D eigenvalue weighted by molar-refractivity contribution is -0.131. The smallest absolute Gasteiger partial charge is 0.317 e. The first-order valence-corrected chi connectivity index (χ1v) is 9.51. The van der Waals surface area contributed by atoms with Crippen LogP contribution >= 0.6 is 11.6 Å². The second-order valence-electron chi connectivity index (χ2n) is 6.63. The lowest BCUT2D eigenvalue weighted by Gasteiger charge is -2.21. The van der Waals surface area contributed by atoms with Crippen LogP contribution in [0.4, 0.5) is 4.79 Å². The fourth-order valence-corrected chi connectivity index (χ4v) is 3.48. The van der Waals surface area contributed by atoms with Crippen molar-refractivity contribution in [2.24, 2.45) is 0 Å². The molecule has 146 valence electrons. The molecule has 7 nitrogen and oxygen atoms in total. The Hall–Kier alpha value is -2.25. The number of methoxy groups -OCH3 is 1. The monoisotopic (exact) mass is 392 g/mol. The molecule has 8 heteroatoms. The van der Waals surface area contributed by atoms with Gasteiger partial charge in [-0.1, -0.05) is 11.6 Å². The Labute approximate surface area is 163 Å². The minimum absolute atomic E-state index is 0.0361. The van der Waals surface area contributed by atoms with E-state index < -0.39 is 0 Å². The number of carbonyl (C=O) groups is 2. The number of aromatic amines is 1. The van der Waals surface area contributed by atoms with Crippen molar-refractivity contribution in [1.29, 1.82) is 0 Å². The molecule has 3 rings (SSSR count). The zero-order valence-corrected chi connectivity index (χ0v) is 16.2. The van der Waals surface area contributed by atoms with Crippen LogP contribution in [-0.2, 0) is 16.0 Å². The number of H-pyrrole nitrogens is 1. The molecule has 0 unspecified atom stereocenters. The van der Waals surface area contributed by atoms with E-state index >= 15 is 0 Å². The highest BCUT2D eigenvalue weighted by atomic mass is 35.5. The van der Waals surface area contributed by atoms with Crippen LogP contribution in [-0.4, -0.2) is 73.2 Å². The van der Waals surface area contributed by atoms with Crippen LogP contribution in [0.1, 0.15) is 12.0 Å². The Bertz CT molecular complexity index is 807. The number of nitrogens with one attached hydrogen (secondary N) is 2. The van der Waals surface area contributed by atoms with Gasteiger partial charge in [-0.25, -0.2) is 4.79 Å². The summed E-state index contributed by atoms with van der Waals surface area (Å²) in [6.07, 6.45) is 3.40. The van der Waals surface area contributed by atoms with Crippen molar-refractivity contribution >= 4 is 34.4 Å². The van der Waals surface area contributed by atoms with Crippen molar-refractivity contribution in [2.75, 3.05) is 46.4 Å². The standard InChI is InChI=1S/C19H25ClN4O3/c1-27-10-9-23-7-2-8-24(13-18(23)25)19(26)21-6-5-14-12-22-17-4-3-15(20)11-16(14)17/h3-4,11-12,22H,2,5-10,13H2,1H3,(H,21,26). The van der Waals surface area contributed by atoms with E-state index in [1.165, 1.54) is 0 Å². The molecule has 2 heterocycles. The molecule has 1 aromatic carbocycles. The summed E-state index contributed by atoms with van der Waals surface area (Å²) < 4.78 is 5.04. The number of nitrogens with zero attached hydrogens (tertiary/aromatic N) is 2. The summed E-state index contributed by atoms with van der Waals surface area (Å²) in [5.41, 5.74) is 2.13. The lowest BCUT2D eigenvalue weighted by atomic mass is 10.1. The number of benzene rings is 1. The van der Waals surface area contributed by atoms with Crippen LogP contribution in [0.3, 0.4) is 0 Å². The average Bonchev–Trinajstić information content (AvgIpc) is 2.95. The van der Waals surface area contributed by atoms with Crippen LogP contribution in [0, 0.1) is 0 Å². The normalized spacial score (nSPS) is 15.3. The van der Waals surface area contributed by atoms with E-state index in [0.29, 0.717) is 44.2 Å². The van der Waals surface area contributed by atoms with E-state index in [1.807, 2.05) is 24.4 Å². The van der Waals surface area contributed by atoms with Gasteiger partial charge in [0.2, 0.25) is 5.91 Å². The van der Waals surface area contributed by atoms with Crippen molar-refractivity contribution in [1.82, 2.24) is 20.1 Å². The Morgan fingerprint density at radius 2 is 2.22 bits per heavy atom. The average molecular weight is 393 g/mol. The van der Waals surface area contributed by atoms with Gasteiger partial charge >= 0.3 is 6.03 Å². The predicted octanol–water partition coefficient (Wildman–Crippen LogP) is 2.25. The van der Waals surface area contributed by atoms with Crippen molar-refractivity contribution in [2.45, 2.75) is 12.8 Å². The summed E-state index contributed by atoms with van der Waals surface area (Å²) in [7, 11) is 1.61. The molecule has 0 radical (unpaired) electrons. The van der Waals surface area contributed by atoms with Crippen LogP contribution in [0.15, 0.2) is 24.4 Å². The molecule has 1 aliphatic rings. The van der Waals surface area contributed by atoms with Gasteiger partial charge in [0.05, 0.1) is 6.61 Å². The SMILES string of the molecule is COCCN1CCCN(C(=O)NCCc2c[nH]c3ccc(Cl)cc23)CC1=O. The number of amides is 3. The molecule has 0 bridgehead atoms. The first-order chi connectivity index (χ1) is 13.1. The maximum absolute atomic E-state index is 12.5. The van der Waals surface area contributed by atoms with Gasteiger partial charge in [0.25, 0.3) is 0 Å². The van der Waals surface area contributed by atoms with Crippen LogP contribution in [0.5, 0.6) is 0 Å². The van der Waals surface area contributed by atoms with Crippen LogP contribution in [0.25, 0.3) is 10.9 Å². The van der Waals surface area contributed by atoms with E-state index in [-0.39, 0.29) is 18.5 Å². The van der Waals surface area contributed by atoms with Gasteiger partial charge in [0, 0.05) is 55.4 Å². The van der Waals surface area contributed by atoms with Gasteiger partial charge < -0.3 is 24.8 Å². The minimum atomic E-state index is -0.199. The van der Waals surface area contributed by atoms with Gasteiger partial charge in [0.15, 0.2) is 0 Å². The Balaban J connectivity index is 1.51. The zero-order valence-electron chi connectivity index (χ0n) is 15.5. The summed E-state index contributed by atoms with van der Waals surface area (Å²) in [5, 5.41) is 4.67. The largest absolute Gasteiger partial charge is 0.383 e. The molecular weight excluding hydrogens is 368 g/mol. The molecule has 0 aliphatic carbocycles. The number of fused-ring (bicyclic) bond motifs is 1. The number of aromatic nitrogens is 1. The summed E-state index contributed by atoms with van der Waals surface area (Å²) >= 11 is 6.07. The summed E-state index contributed by atoms with van der Waals surface area (Å²) in [4.78, 5) is 31.3. The maximum Gasteiger partial charge on any atom is 0.317 e. The Morgan fingerprint density at radius 3 is 3.04 bits per heavy atom. The molecular formula is C19H25ClN4O3. The van der Waals surface area contributed by atoms with Gasteiger partial charge in [0.1, 0.15) is 6.54 Å². The number of hydrogen-bond donors (Lipinski definition) is 2. The Kier molecular flexibility index (Phi) is 6.58. The van der Waals surface area contributed by atoms with E-state index in [4.69, 9.17) is 16.3 Å².